The highest BCUT2D eigenvalue weighted by molar-refractivity contribution is 6.39. The van der Waals surface area contributed by atoms with Crippen LogP contribution in [0.3, 0.4) is 0 Å². The van der Waals surface area contributed by atoms with Crippen molar-refractivity contribution in [3.8, 4) is 0 Å². The number of hydrogen-bond donors (Lipinski definition) is 1. The van der Waals surface area contributed by atoms with Gasteiger partial charge in [0.05, 0.1) is 5.69 Å². The van der Waals surface area contributed by atoms with Crippen LogP contribution in [0.5, 0.6) is 0 Å². The number of aryl methyl sites for hydroxylation is 2. The van der Waals surface area contributed by atoms with E-state index in [1.165, 1.54) is 11.3 Å². The summed E-state index contributed by atoms with van der Waals surface area (Å²) in [5.41, 5.74) is 5.45. The van der Waals surface area contributed by atoms with Gasteiger partial charge in [0.25, 0.3) is 11.8 Å². The van der Waals surface area contributed by atoms with Crippen LogP contribution in [0.25, 0.3) is 6.08 Å². The highest BCUT2D eigenvalue weighted by Gasteiger charge is 2.39. The monoisotopic (exact) mass is 459 g/mol. The number of benzene rings is 2. The number of rotatable bonds is 3. The molecule has 34 heavy (non-hydrogen) atoms. The van der Waals surface area contributed by atoms with Crippen LogP contribution in [0, 0.1) is 13.8 Å². The Labute approximate surface area is 201 Å². The number of barbiturate groups is 1. The summed E-state index contributed by atoms with van der Waals surface area (Å²) in [5, 5.41) is 2.32. The zero-order valence-corrected chi connectivity index (χ0v) is 21.0. The van der Waals surface area contributed by atoms with Gasteiger partial charge in [-0.15, -0.1) is 0 Å². The van der Waals surface area contributed by atoms with Crippen molar-refractivity contribution in [2.75, 3.05) is 9.80 Å². The third-order valence-electron chi connectivity index (χ3n) is 6.69. The number of carbonyl (C=O) groups excluding carboxylic acids is 3. The van der Waals surface area contributed by atoms with Crippen LogP contribution in [0.4, 0.5) is 16.2 Å². The molecule has 0 saturated carbocycles. The SMILES string of the molecule is Cc1cc(C)cc(N2C(=O)NC(=O)/C(=C\c3ccc4c(c3)[C@H](C)CC(C)(C)N4C(C)C)C2=O)c1. The Morgan fingerprint density at radius 3 is 2.29 bits per heavy atom. The van der Waals surface area contributed by atoms with Gasteiger partial charge < -0.3 is 4.90 Å². The van der Waals surface area contributed by atoms with E-state index in [0.717, 1.165) is 28.0 Å². The van der Waals surface area contributed by atoms with Crippen LogP contribution in [0.15, 0.2) is 42.0 Å². The van der Waals surface area contributed by atoms with Crippen molar-refractivity contribution in [2.45, 2.75) is 72.4 Å². The highest BCUT2D eigenvalue weighted by atomic mass is 16.2. The summed E-state index contributed by atoms with van der Waals surface area (Å²) in [6, 6.07) is 11.2. The lowest BCUT2D eigenvalue weighted by atomic mass is 9.78. The van der Waals surface area contributed by atoms with E-state index in [1.807, 2.05) is 26.0 Å². The summed E-state index contributed by atoms with van der Waals surface area (Å²) in [6.45, 7) is 15.0. The fraction of sp³-hybridized carbons (Fsp3) is 0.393. The molecule has 0 aliphatic carbocycles. The molecule has 178 valence electrons. The normalized spacial score (nSPS) is 21.2. The van der Waals surface area contributed by atoms with Crippen molar-refractivity contribution in [2.24, 2.45) is 0 Å². The smallest absolute Gasteiger partial charge is 0.335 e. The first-order chi connectivity index (χ1) is 15.9. The fourth-order valence-corrected chi connectivity index (χ4v) is 5.68. The summed E-state index contributed by atoms with van der Waals surface area (Å²) in [4.78, 5) is 42.0. The lowest BCUT2D eigenvalue weighted by Crippen LogP contribution is -2.54. The van der Waals surface area contributed by atoms with Gasteiger partial charge in [0.15, 0.2) is 0 Å². The lowest BCUT2D eigenvalue weighted by Gasteiger charge is -2.50. The molecular formula is C28H33N3O3. The summed E-state index contributed by atoms with van der Waals surface area (Å²) < 4.78 is 0. The molecule has 4 rings (SSSR count). The number of hydrogen-bond acceptors (Lipinski definition) is 4. The number of imide groups is 2. The van der Waals surface area contributed by atoms with Crippen LogP contribution in [-0.4, -0.2) is 29.4 Å². The Balaban J connectivity index is 1.75. The van der Waals surface area contributed by atoms with Crippen LogP contribution >= 0.6 is 0 Å². The van der Waals surface area contributed by atoms with E-state index in [-0.39, 0.29) is 11.1 Å². The third kappa shape index (κ3) is 4.13. The molecule has 2 aliphatic rings. The largest absolute Gasteiger partial charge is 0.364 e. The summed E-state index contributed by atoms with van der Waals surface area (Å²) in [7, 11) is 0. The maximum Gasteiger partial charge on any atom is 0.335 e. The average molecular weight is 460 g/mol. The molecule has 1 N–H and O–H groups in total. The number of nitrogens with zero attached hydrogens (tertiary/aromatic N) is 2. The second-order valence-corrected chi connectivity index (χ2v) is 10.5. The molecule has 0 radical (unpaired) electrons. The van der Waals surface area contributed by atoms with E-state index in [4.69, 9.17) is 0 Å². The Kier molecular flexibility index (Phi) is 5.88. The molecule has 6 nitrogen and oxygen atoms in total. The van der Waals surface area contributed by atoms with Crippen molar-refractivity contribution >= 4 is 35.3 Å². The van der Waals surface area contributed by atoms with Gasteiger partial charge in [0.1, 0.15) is 5.57 Å². The highest BCUT2D eigenvalue weighted by Crippen LogP contribution is 2.44. The molecule has 0 spiro atoms. The van der Waals surface area contributed by atoms with Gasteiger partial charge in [0, 0.05) is 17.3 Å². The van der Waals surface area contributed by atoms with Gasteiger partial charge in [-0.05, 0) is 106 Å². The number of urea groups is 1. The van der Waals surface area contributed by atoms with Crippen LogP contribution in [-0.2, 0) is 9.59 Å². The first-order valence-corrected chi connectivity index (χ1v) is 11.8. The first-order valence-electron chi connectivity index (χ1n) is 11.8. The maximum atomic E-state index is 13.3. The molecule has 1 saturated heterocycles. The fourth-order valence-electron chi connectivity index (χ4n) is 5.68. The topological polar surface area (TPSA) is 69.7 Å². The van der Waals surface area contributed by atoms with E-state index in [2.05, 4.69) is 57.0 Å². The summed E-state index contributed by atoms with van der Waals surface area (Å²) in [5.74, 6) is -0.955. The molecule has 2 aromatic rings. The molecular weight excluding hydrogens is 426 g/mol. The van der Waals surface area contributed by atoms with E-state index < -0.39 is 17.8 Å². The number of carbonyl (C=O) groups is 3. The molecule has 2 aliphatic heterocycles. The molecule has 2 aromatic carbocycles. The zero-order chi connectivity index (χ0) is 24.9. The Hall–Kier alpha value is -3.41. The zero-order valence-electron chi connectivity index (χ0n) is 21.0. The van der Waals surface area contributed by atoms with Gasteiger partial charge in [-0.3, -0.25) is 14.9 Å². The molecule has 0 unspecified atom stereocenters. The van der Waals surface area contributed by atoms with Gasteiger partial charge in [0.2, 0.25) is 0 Å². The van der Waals surface area contributed by atoms with E-state index in [0.29, 0.717) is 17.6 Å². The molecule has 4 amide bonds. The molecule has 0 bridgehead atoms. The van der Waals surface area contributed by atoms with Gasteiger partial charge in [-0.25, -0.2) is 9.69 Å². The first kappa shape index (κ1) is 23.7. The summed E-state index contributed by atoms with van der Waals surface area (Å²) in [6.07, 6.45) is 2.60. The third-order valence-corrected chi connectivity index (χ3v) is 6.69. The van der Waals surface area contributed by atoms with Gasteiger partial charge in [-0.1, -0.05) is 19.1 Å². The minimum absolute atomic E-state index is 0.0343. The molecule has 1 atom stereocenters. The molecule has 1 fully saturated rings. The Morgan fingerprint density at radius 2 is 1.68 bits per heavy atom. The van der Waals surface area contributed by atoms with Crippen LogP contribution in [0.2, 0.25) is 0 Å². The minimum atomic E-state index is -0.731. The van der Waals surface area contributed by atoms with Crippen molar-refractivity contribution in [3.63, 3.8) is 0 Å². The number of fused-ring (bicyclic) bond motifs is 1. The Morgan fingerprint density at radius 1 is 1.03 bits per heavy atom. The second kappa shape index (κ2) is 8.42. The Bertz CT molecular complexity index is 1210. The van der Waals surface area contributed by atoms with Crippen molar-refractivity contribution < 1.29 is 14.4 Å². The van der Waals surface area contributed by atoms with Crippen molar-refractivity contribution in [3.05, 3.63) is 64.2 Å². The number of amides is 4. The average Bonchev–Trinajstić information content (AvgIpc) is 2.69. The van der Waals surface area contributed by atoms with Gasteiger partial charge in [-0.2, -0.15) is 0 Å². The lowest BCUT2D eigenvalue weighted by molar-refractivity contribution is -0.122. The predicted molar refractivity (Wildman–Crippen MR) is 136 cm³/mol. The number of anilines is 2. The quantitative estimate of drug-likeness (QED) is 0.488. The minimum Gasteiger partial charge on any atom is -0.364 e. The van der Waals surface area contributed by atoms with E-state index >= 15 is 0 Å². The van der Waals surface area contributed by atoms with Crippen LogP contribution in [0.1, 0.15) is 69.2 Å². The van der Waals surface area contributed by atoms with Crippen molar-refractivity contribution in [1.82, 2.24) is 5.32 Å². The van der Waals surface area contributed by atoms with E-state index in [1.54, 1.807) is 18.2 Å². The molecule has 0 aromatic heterocycles. The number of nitrogens with one attached hydrogen (secondary N) is 1. The maximum absolute atomic E-state index is 13.3. The predicted octanol–water partition coefficient (Wildman–Crippen LogP) is 5.47. The molecule has 6 heteroatoms. The van der Waals surface area contributed by atoms with Gasteiger partial charge >= 0.3 is 6.03 Å². The summed E-state index contributed by atoms with van der Waals surface area (Å²) >= 11 is 0. The van der Waals surface area contributed by atoms with Crippen molar-refractivity contribution in [1.29, 1.82) is 0 Å². The van der Waals surface area contributed by atoms with E-state index in [9.17, 15) is 14.4 Å². The standard InChI is InChI=1S/C28H33N3O3/c1-16(2)31-24-9-8-20(13-22(24)19(5)15-28(31,6)7)14-23-25(32)29-27(34)30(26(23)33)21-11-17(3)10-18(4)12-21/h8-14,16,19H,15H2,1-7H3,(H,29,32,34)/b23-14+/t19-/m1/s1. The molecule has 2 heterocycles. The second-order valence-electron chi connectivity index (χ2n) is 10.5. The van der Waals surface area contributed by atoms with Crippen LogP contribution < -0.4 is 15.1 Å².